The molecule has 2 aromatic rings. The lowest BCUT2D eigenvalue weighted by molar-refractivity contribution is -0.141. The maximum Gasteiger partial charge on any atom is 0.251 e. The predicted octanol–water partition coefficient (Wildman–Crippen LogP) is 3.03. The molecule has 1 unspecified atom stereocenters. The lowest BCUT2D eigenvalue weighted by Crippen LogP contribution is -2.44. The van der Waals surface area contributed by atoms with Gasteiger partial charge in [0, 0.05) is 35.8 Å². The molecule has 128 valence electrons. The third-order valence-corrected chi connectivity index (χ3v) is 4.87. The van der Waals surface area contributed by atoms with Gasteiger partial charge in [-0.25, -0.2) is 0 Å². The highest BCUT2D eigenvalue weighted by atomic mass is 35.5. The number of aliphatic hydroxyl groups excluding tert-OH is 1. The second-order valence-corrected chi connectivity index (χ2v) is 7.00. The summed E-state index contributed by atoms with van der Waals surface area (Å²) < 4.78 is 0. The van der Waals surface area contributed by atoms with Gasteiger partial charge in [-0.1, -0.05) is 23.2 Å². The highest BCUT2D eigenvalue weighted by molar-refractivity contribution is 6.34. The molecule has 2 heterocycles. The van der Waals surface area contributed by atoms with Gasteiger partial charge in [0.25, 0.3) is 5.91 Å². The first-order chi connectivity index (χ1) is 11.5. The van der Waals surface area contributed by atoms with Crippen LogP contribution >= 0.6 is 23.2 Å². The molecule has 7 heteroatoms. The highest BCUT2D eigenvalue weighted by Gasteiger charge is 2.28. The van der Waals surface area contributed by atoms with E-state index in [9.17, 15) is 9.90 Å². The molecule has 0 spiro atoms. The standard InChI is InChI=1S/C17H19Cl2N3O2/c18-14-5-11(6-15(19)8-14)7-16(23)17(24)22-3-1-12(2-4-22)13-9-20-21-10-13/h5-6,8-10,12,16,23H,1-4,7H2,(H,20,21). The number of aromatic nitrogens is 2. The van der Waals surface area contributed by atoms with E-state index in [4.69, 9.17) is 23.2 Å². The topological polar surface area (TPSA) is 69.2 Å². The van der Waals surface area contributed by atoms with Crippen LogP contribution in [-0.2, 0) is 11.2 Å². The van der Waals surface area contributed by atoms with Gasteiger partial charge in [0.05, 0.1) is 6.20 Å². The highest BCUT2D eigenvalue weighted by Crippen LogP contribution is 2.27. The fourth-order valence-electron chi connectivity index (χ4n) is 3.17. The van der Waals surface area contributed by atoms with Crippen molar-refractivity contribution in [2.45, 2.75) is 31.3 Å². The fourth-order valence-corrected chi connectivity index (χ4v) is 3.74. The molecule has 1 aromatic heterocycles. The van der Waals surface area contributed by atoms with Crippen LogP contribution in [0.2, 0.25) is 10.0 Å². The maximum atomic E-state index is 12.5. The van der Waals surface area contributed by atoms with Crippen LogP contribution in [0, 0.1) is 0 Å². The molecule has 1 saturated heterocycles. The third-order valence-electron chi connectivity index (χ3n) is 4.43. The van der Waals surface area contributed by atoms with Crippen molar-refractivity contribution >= 4 is 29.1 Å². The van der Waals surface area contributed by atoms with Crippen LogP contribution in [0.4, 0.5) is 0 Å². The zero-order valence-corrected chi connectivity index (χ0v) is 14.6. The van der Waals surface area contributed by atoms with Gasteiger partial charge in [-0.05, 0) is 48.1 Å². The van der Waals surface area contributed by atoms with Gasteiger partial charge >= 0.3 is 0 Å². The van der Waals surface area contributed by atoms with Crippen molar-refractivity contribution in [3.8, 4) is 0 Å². The number of nitrogens with zero attached hydrogens (tertiary/aromatic N) is 2. The summed E-state index contributed by atoms with van der Waals surface area (Å²) in [5, 5.41) is 18.1. The van der Waals surface area contributed by atoms with Crippen molar-refractivity contribution in [3.05, 3.63) is 51.8 Å². The Balaban J connectivity index is 1.56. The smallest absolute Gasteiger partial charge is 0.251 e. The van der Waals surface area contributed by atoms with Crippen molar-refractivity contribution in [1.29, 1.82) is 0 Å². The zero-order chi connectivity index (χ0) is 17.1. The number of H-pyrrole nitrogens is 1. The van der Waals surface area contributed by atoms with Crippen LogP contribution in [-0.4, -0.2) is 45.3 Å². The molecule has 0 bridgehead atoms. The first-order valence-corrected chi connectivity index (χ1v) is 8.69. The molecule has 1 aliphatic rings. The number of carbonyl (C=O) groups is 1. The quantitative estimate of drug-likeness (QED) is 0.872. The molecule has 1 atom stereocenters. The molecular formula is C17H19Cl2N3O2. The molecule has 3 rings (SSSR count). The minimum Gasteiger partial charge on any atom is -0.383 e. The lowest BCUT2D eigenvalue weighted by atomic mass is 9.91. The Kier molecular flexibility index (Phi) is 5.43. The van der Waals surface area contributed by atoms with Gasteiger partial charge in [0.1, 0.15) is 6.10 Å². The lowest BCUT2D eigenvalue weighted by Gasteiger charge is -2.33. The van der Waals surface area contributed by atoms with Crippen LogP contribution in [0.1, 0.15) is 29.9 Å². The van der Waals surface area contributed by atoms with Gasteiger partial charge < -0.3 is 10.0 Å². The van der Waals surface area contributed by atoms with Crippen molar-refractivity contribution < 1.29 is 9.90 Å². The van der Waals surface area contributed by atoms with Gasteiger partial charge in [0.2, 0.25) is 0 Å². The van der Waals surface area contributed by atoms with E-state index in [0.29, 0.717) is 29.1 Å². The summed E-state index contributed by atoms with van der Waals surface area (Å²) in [7, 11) is 0. The molecule has 2 N–H and O–H groups in total. The first kappa shape index (κ1) is 17.3. The van der Waals surface area contributed by atoms with Crippen LogP contribution in [0.25, 0.3) is 0 Å². The molecular weight excluding hydrogens is 349 g/mol. The number of hydrogen-bond acceptors (Lipinski definition) is 3. The number of halogens is 2. The van der Waals surface area contributed by atoms with Gasteiger partial charge in [-0.15, -0.1) is 0 Å². The minimum atomic E-state index is -1.08. The summed E-state index contributed by atoms with van der Waals surface area (Å²) in [4.78, 5) is 14.2. The summed E-state index contributed by atoms with van der Waals surface area (Å²) in [6, 6.07) is 5.06. The Labute approximate surface area is 150 Å². The van der Waals surface area contributed by atoms with Gasteiger partial charge in [-0.3, -0.25) is 9.89 Å². The van der Waals surface area contributed by atoms with Gasteiger partial charge in [0.15, 0.2) is 0 Å². The van der Waals surface area contributed by atoms with E-state index in [1.807, 2.05) is 12.4 Å². The van der Waals surface area contributed by atoms with Crippen LogP contribution in [0.15, 0.2) is 30.6 Å². The zero-order valence-electron chi connectivity index (χ0n) is 13.1. The molecule has 5 nitrogen and oxygen atoms in total. The Morgan fingerprint density at radius 2 is 1.96 bits per heavy atom. The minimum absolute atomic E-state index is 0.209. The summed E-state index contributed by atoms with van der Waals surface area (Å²) >= 11 is 11.9. The van der Waals surface area contributed by atoms with Crippen molar-refractivity contribution in [1.82, 2.24) is 15.1 Å². The average molecular weight is 368 g/mol. The normalized spacial score (nSPS) is 17.0. The number of amides is 1. The van der Waals surface area contributed by atoms with Crippen molar-refractivity contribution in [3.63, 3.8) is 0 Å². The number of hydrogen-bond donors (Lipinski definition) is 2. The molecule has 0 saturated carbocycles. The Bertz CT molecular complexity index is 678. The van der Waals surface area contributed by atoms with E-state index in [-0.39, 0.29) is 12.3 Å². The van der Waals surface area contributed by atoms with E-state index >= 15 is 0 Å². The molecule has 0 radical (unpaired) electrons. The number of aliphatic hydroxyl groups is 1. The summed E-state index contributed by atoms with van der Waals surface area (Å²) in [5.74, 6) is 0.174. The van der Waals surface area contributed by atoms with E-state index in [2.05, 4.69) is 10.2 Å². The van der Waals surface area contributed by atoms with Crippen molar-refractivity contribution in [2.75, 3.05) is 13.1 Å². The second-order valence-electron chi connectivity index (χ2n) is 6.13. The van der Waals surface area contributed by atoms with Crippen molar-refractivity contribution in [2.24, 2.45) is 0 Å². The van der Waals surface area contributed by atoms with Crippen LogP contribution < -0.4 is 0 Å². The van der Waals surface area contributed by atoms with Crippen LogP contribution in [0.5, 0.6) is 0 Å². The largest absolute Gasteiger partial charge is 0.383 e. The number of aromatic amines is 1. The summed E-state index contributed by atoms with van der Waals surface area (Å²) in [6.45, 7) is 1.28. The number of benzene rings is 1. The molecule has 1 amide bonds. The first-order valence-electron chi connectivity index (χ1n) is 7.93. The summed E-state index contributed by atoms with van der Waals surface area (Å²) in [6.07, 6.45) is 4.62. The SMILES string of the molecule is O=C(C(O)Cc1cc(Cl)cc(Cl)c1)N1CCC(c2cn[nH]c2)CC1. The number of rotatable bonds is 4. The Morgan fingerprint density at radius 1 is 1.29 bits per heavy atom. The van der Waals surface area contributed by atoms with E-state index in [1.54, 1.807) is 23.1 Å². The number of nitrogens with one attached hydrogen (secondary N) is 1. The molecule has 1 aliphatic heterocycles. The molecule has 0 aliphatic carbocycles. The average Bonchev–Trinajstić information content (AvgIpc) is 3.07. The van der Waals surface area contributed by atoms with Crippen LogP contribution in [0.3, 0.4) is 0 Å². The molecule has 24 heavy (non-hydrogen) atoms. The Morgan fingerprint density at radius 3 is 2.54 bits per heavy atom. The molecule has 1 fully saturated rings. The Hall–Kier alpha value is -1.56. The number of piperidine rings is 1. The van der Waals surface area contributed by atoms with E-state index in [0.717, 1.165) is 18.4 Å². The second kappa shape index (κ2) is 7.55. The maximum absolute atomic E-state index is 12.5. The third kappa shape index (κ3) is 4.09. The summed E-state index contributed by atoms with van der Waals surface area (Å²) in [5.41, 5.74) is 1.93. The van der Waals surface area contributed by atoms with E-state index in [1.165, 1.54) is 5.56 Å². The molecule has 1 aromatic carbocycles. The number of likely N-dealkylation sites (tertiary alicyclic amines) is 1. The number of carbonyl (C=O) groups excluding carboxylic acids is 1. The fraction of sp³-hybridized carbons (Fsp3) is 0.412. The monoisotopic (exact) mass is 367 g/mol. The van der Waals surface area contributed by atoms with Gasteiger partial charge in [-0.2, -0.15) is 5.10 Å². The van der Waals surface area contributed by atoms with E-state index < -0.39 is 6.10 Å². The predicted molar refractivity (Wildman–Crippen MR) is 93.3 cm³/mol.